The lowest BCUT2D eigenvalue weighted by atomic mass is 9.93. The number of nitrogens with zero attached hydrogens (tertiary/aromatic N) is 1. The number of hydrogen-bond donors (Lipinski definition) is 1. The number of nitriles is 1. The molecular formula is C19H26N2O3. The van der Waals surface area contributed by atoms with E-state index in [9.17, 15) is 10.1 Å². The molecule has 0 unspecified atom stereocenters. The standard InChI is InChI=1S/C19H26N2O3/c1-3-12-24-16-8-9-17(15(13-16)14-20)21-18(22)19(23-2)10-6-4-5-7-11-19/h8-9,13H,3-7,10-12H2,1-2H3,(H,21,22). The van der Waals surface area contributed by atoms with Crippen molar-refractivity contribution < 1.29 is 14.3 Å². The number of carbonyl (C=O) groups excluding carboxylic acids is 1. The van der Waals surface area contributed by atoms with Crippen molar-refractivity contribution in [3.63, 3.8) is 0 Å². The number of nitrogens with one attached hydrogen (secondary N) is 1. The van der Waals surface area contributed by atoms with Gasteiger partial charge in [-0.3, -0.25) is 4.79 Å². The van der Waals surface area contributed by atoms with Crippen LogP contribution in [0.15, 0.2) is 18.2 Å². The SMILES string of the molecule is CCCOc1ccc(NC(=O)C2(OC)CCCCCC2)c(C#N)c1. The van der Waals surface area contributed by atoms with E-state index in [-0.39, 0.29) is 5.91 Å². The average Bonchev–Trinajstić information content (AvgIpc) is 2.87. The van der Waals surface area contributed by atoms with Gasteiger partial charge in [0.15, 0.2) is 0 Å². The maximum atomic E-state index is 12.8. The molecule has 1 fully saturated rings. The molecular weight excluding hydrogens is 304 g/mol. The molecule has 1 amide bonds. The number of amides is 1. The van der Waals surface area contributed by atoms with Gasteiger partial charge in [-0.25, -0.2) is 0 Å². The van der Waals surface area contributed by atoms with Crippen LogP contribution in [-0.4, -0.2) is 25.2 Å². The molecule has 24 heavy (non-hydrogen) atoms. The van der Waals surface area contributed by atoms with Crippen molar-refractivity contribution in [1.82, 2.24) is 0 Å². The second-order valence-corrected chi connectivity index (χ2v) is 6.23. The third kappa shape index (κ3) is 4.27. The minimum absolute atomic E-state index is 0.161. The number of hydrogen-bond acceptors (Lipinski definition) is 4. The molecule has 0 aliphatic heterocycles. The van der Waals surface area contributed by atoms with Gasteiger partial charge in [-0.1, -0.05) is 32.6 Å². The Kier molecular flexibility index (Phi) is 6.62. The Balaban J connectivity index is 2.16. The molecule has 130 valence electrons. The highest BCUT2D eigenvalue weighted by atomic mass is 16.5. The highest BCUT2D eigenvalue weighted by molar-refractivity contribution is 5.98. The van der Waals surface area contributed by atoms with E-state index >= 15 is 0 Å². The van der Waals surface area contributed by atoms with Gasteiger partial charge in [0.25, 0.3) is 5.91 Å². The lowest BCUT2D eigenvalue weighted by Gasteiger charge is -2.30. The van der Waals surface area contributed by atoms with Crippen molar-refractivity contribution in [2.75, 3.05) is 19.0 Å². The van der Waals surface area contributed by atoms with E-state index in [4.69, 9.17) is 9.47 Å². The highest BCUT2D eigenvalue weighted by Crippen LogP contribution is 2.32. The summed E-state index contributed by atoms with van der Waals surface area (Å²) in [5.74, 6) is 0.480. The molecule has 5 heteroatoms. The van der Waals surface area contributed by atoms with Gasteiger partial charge < -0.3 is 14.8 Å². The minimum atomic E-state index is -0.791. The molecule has 2 rings (SSSR count). The van der Waals surface area contributed by atoms with E-state index in [0.717, 1.165) is 44.9 Å². The Morgan fingerprint density at radius 2 is 2.00 bits per heavy atom. The molecule has 5 nitrogen and oxygen atoms in total. The van der Waals surface area contributed by atoms with Crippen molar-refractivity contribution in [3.05, 3.63) is 23.8 Å². The van der Waals surface area contributed by atoms with Gasteiger partial charge in [0.05, 0.1) is 17.9 Å². The fourth-order valence-corrected chi connectivity index (χ4v) is 3.09. The second-order valence-electron chi connectivity index (χ2n) is 6.23. The van der Waals surface area contributed by atoms with E-state index in [1.165, 1.54) is 0 Å². The lowest BCUT2D eigenvalue weighted by Crippen LogP contribution is -2.44. The molecule has 1 N–H and O–H groups in total. The first-order valence-corrected chi connectivity index (χ1v) is 8.69. The first kappa shape index (κ1) is 18.3. The van der Waals surface area contributed by atoms with Gasteiger partial charge in [-0.2, -0.15) is 5.26 Å². The van der Waals surface area contributed by atoms with Gasteiger partial charge >= 0.3 is 0 Å². The summed E-state index contributed by atoms with van der Waals surface area (Å²) >= 11 is 0. The molecule has 0 saturated heterocycles. The summed E-state index contributed by atoms with van der Waals surface area (Å²) in [4.78, 5) is 12.8. The number of ether oxygens (including phenoxy) is 2. The average molecular weight is 330 g/mol. The van der Waals surface area contributed by atoms with Crippen LogP contribution in [0.4, 0.5) is 5.69 Å². The van der Waals surface area contributed by atoms with Crippen LogP contribution in [0.5, 0.6) is 5.75 Å². The Hall–Kier alpha value is -2.06. The Morgan fingerprint density at radius 3 is 2.58 bits per heavy atom. The molecule has 0 heterocycles. The van der Waals surface area contributed by atoms with E-state index < -0.39 is 5.60 Å². The van der Waals surface area contributed by atoms with Crippen molar-refractivity contribution in [1.29, 1.82) is 5.26 Å². The fraction of sp³-hybridized carbons (Fsp3) is 0.579. The van der Waals surface area contributed by atoms with Crippen LogP contribution < -0.4 is 10.1 Å². The van der Waals surface area contributed by atoms with Crippen LogP contribution in [0.3, 0.4) is 0 Å². The van der Waals surface area contributed by atoms with Crippen molar-refractivity contribution >= 4 is 11.6 Å². The minimum Gasteiger partial charge on any atom is -0.494 e. The van der Waals surface area contributed by atoms with Crippen LogP contribution in [0.25, 0.3) is 0 Å². The zero-order valence-electron chi connectivity index (χ0n) is 14.6. The fourth-order valence-electron chi connectivity index (χ4n) is 3.09. The summed E-state index contributed by atoms with van der Waals surface area (Å²) < 4.78 is 11.2. The molecule has 0 bridgehead atoms. The smallest absolute Gasteiger partial charge is 0.256 e. The third-order valence-corrected chi connectivity index (χ3v) is 4.55. The van der Waals surface area contributed by atoms with Crippen molar-refractivity contribution in [3.8, 4) is 11.8 Å². The van der Waals surface area contributed by atoms with Crippen molar-refractivity contribution in [2.45, 2.75) is 57.5 Å². The van der Waals surface area contributed by atoms with E-state index in [0.29, 0.717) is 23.6 Å². The first-order valence-electron chi connectivity index (χ1n) is 8.69. The maximum Gasteiger partial charge on any atom is 0.256 e. The van der Waals surface area contributed by atoms with Crippen LogP contribution in [0.2, 0.25) is 0 Å². The van der Waals surface area contributed by atoms with Gasteiger partial charge in [0.1, 0.15) is 17.4 Å². The zero-order chi connectivity index (χ0) is 17.4. The molecule has 1 aromatic rings. The normalized spacial score (nSPS) is 16.7. The predicted octanol–water partition coefficient (Wildman–Crippen LogP) is 4.02. The summed E-state index contributed by atoms with van der Waals surface area (Å²) in [6.07, 6.45) is 6.56. The molecule has 0 spiro atoms. The molecule has 0 aromatic heterocycles. The Morgan fingerprint density at radius 1 is 1.29 bits per heavy atom. The maximum absolute atomic E-state index is 12.8. The summed E-state index contributed by atoms with van der Waals surface area (Å²) in [7, 11) is 1.60. The number of rotatable bonds is 6. The number of benzene rings is 1. The van der Waals surface area contributed by atoms with Crippen LogP contribution in [0, 0.1) is 11.3 Å². The zero-order valence-corrected chi connectivity index (χ0v) is 14.6. The van der Waals surface area contributed by atoms with E-state index in [1.807, 2.05) is 6.92 Å². The largest absolute Gasteiger partial charge is 0.494 e. The number of anilines is 1. The number of methoxy groups -OCH3 is 1. The molecule has 1 aliphatic rings. The van der Waals surface area contributed by atoms with Gasteiger partial charge in [-0.05, 0) is 37.5 Å². The molecule has 1 aliphatic carbocycles. The molecule has 1 aromatic carbocycles. The monoisotopic (exact) mass is 330 g/mol. The van der Waals surface area contributed by atoms with E-state index in [2.05, 4.69) is 11.4 Å². The van der Waals surface area contributed by atoms with Crippen LogP contribution >= 0.6 is 0 Å². The summed E-state index contributed by atoms with van der Waals surface area (Å²) in [6.45, 7) is 2.63. The number of carbonyl (C=O) groups is 1. The quantitative estimate of drug-likeness (QED) is 0.800. The topological polar surface area (TPSA) is 71.3 Å². The summed E-state index contributed by atoms with van der Waals surface area (Å²) in [6, 6.07) is 7.29. The summed E-state index contributed by atoms with van der Waals surface area (Å²) in [5.41, 5.74) is 0.115. The Bertz CT molecular complexity index is 599. The van der Waals surface area contributed by atoms with Crippen molar-refractivity contribution in [2.24, 2.45) is 0 Å². The van der Waals surface area contributed by atoms with E-state index in [1.54, 1.807) is 25.3 Å². The highest BCUT2D eigenvalue weighted by Gasteiger charge is 2.38. The second kappa shape index (κ2) is 8.70. The molecule has 1 saturated carbocycles. The third-order valence-electron chi connectivity index (χ3n) is 4.55. The van der Waals surface area contributed by atoms with Crippen LogP contribution in [-0.2, 0) is 9.53 Å². The van der Waals surface area contributed by atoms with Gasteiger partial charge in [-0.15, -0.1) is 0 Å². The van der Waals surface area contributed by atoms with Gasteiger partial charge in [0, 0.05) is 7.11 Å². The Labute approximate surface area is 144 Å². The van der Waals surface area contributed by atoms with Crippen LogP contribution in [0.1, 0.15) is 57.4 Å². The lowest BCUT2D eigenvalue weighted by molar-refractivity contribution is -0.139. The molecule has 0 atom stereocenters. The molecule has 0 radical (unpaired) electrons. The summed E-state index contributed by atoms with van der Waals surface area (Å²) in [5, 5.41) is 12.3. The first-order chi connectivity index (χ1) is 11.6. The van der Waals surface area contributed by atoms with Gasteiger partial charge in [0.2, 0.25) is 0 Å². The predicted molar refractivity (Wildman–Crippen MR) is 93.0 cm³/mol.